The van der Waals surface area contributed by atoms with Crippen LogP contribution in [0.5, 0.6) is 0 Å². The van der Waals surface area contributed by atoms with Gasteiger partial charge < -0.3 is 14.5 Å². The summed E-state index contributed by atoms with van der Waals surface area (Å²) in [7, 11) is 3.77. The van der Waals surface area contributed by atoms with Gasteiger partial charge in [0.25, 0.3) is 0 Å². The van der Waals surface area contributed by atoms with E-state index in [2.05, 4.69) is 4.98 Å². The van der Waals surface area contributed by atoms with Gasteiger partial charge in [-0.1, -0.05) is 6.07 Å². The number of rotatable bonds is 4. The number of hydrogen-bond donors (Lipinski definition) is 0. The van der Waals surface area contributed by atoms with Gasteiger partial charge in [-0.2, -0.15) is 0 Å². The van der Waals surface area contributed by atoms with Gasteiger partial charge in [0.15, 0.2) is 5.78 Å². The van der Waals surface area contributed by atoms with Crippen LogP contribution in [0, 0.1) is 5.92 Å². The normalized spacial score (nSPS) is 18.4. The average Bonchev–Trinajstić information content (AvgIpc) is 2.58. The molecule has 0 spiro atoms. The molecule has 1 amide bonds. The Balaban J connectivity index is 2.17. The van der Waals surface area contributed by atoms with Gasteiger partial charge in [-0.25, -0.2) is 4.79 Å². The van der Waals surface area contributed by atoms with E-state index in [4.69, 9.17) is 4.74 Å². The van der Waals surface area contributed by atoms with Crippen molar-refractivity contribution in [3.63, 3.8) is 0 Å². The van der Waals surface area contributed by atoms with Crippen molar-refractivity contribution < 1.29 is 14.3 Å². The number of Topliss-reactive ketones (excluding diaryl/α,β-unsaturated/α-hetero) is 1. The van der Waals surface area contributed by atoms with E-state index in [0.29, 0.717) is 18.7 Å². The SMILES string of the molecule is CN(C)/C=C(/C(=O)[C@H]1CCCN(C(=O)OC(C)(C)C)C1)c1cccnc1. The summed E-state index contributed by atoms with van der Waals surface area (Å²) in [5.74, 6) is -0.192. The molecule has 0 N–H and O–H groups in total. The van der Waals surface area contributed by atoms with E-state index in [9.17, 15) is 9.59 Å². The van der Waals surface area contributed by atoms with Gasteiger partial charge in [0, 0.05) is 62.8 Å². The second-order valence-corrected chi connectivity index (χ2v) is 7.88. The largest absolute Gasteiger partial charge is 0.444 e. The van der Waals surface area contributed by atoms with Crippen LogP contribution in [-0.2, 0) is 9.53 Å². The topological polar surface area (TPSA) is 62.7 Å². The Bertz CT molecular complexity index is 663. The second-order valence-electron chi connectivity index (χ2n) is 7.88. The van der Waals surface area contributed by atoms with Crippen LogP contribution in [0.25, 0.3) is 5.57 Å². The highest BCUT2D eigenvalue weighted by Gasteiger charge is 2.32. The summed E-state index contributed by atoms with van der Waals surface area (Å²) in [6.07, 6.45) is 6.41. The van der Waals surface area contributed by atoms with Crippen LogP contribution in [-0.4, -0.2) is 59.4 Å². The standard InChI is InChI=1S/C20H29N3O3/c1-20(2,3)26-19(25)23-11-7-9-16(13-23)18(24)17(14-22(4)5)15-8-6-10-21-12-15/h6,8,10,12,14,16H,7,9,11,13H2,1-5H3/b17-14+/t16-/m0/s1. The highest BCUT2D eigenvalue weighted by atomic mass is 16.6. The van der Waals surface area contributed by atoms with Crippen molar-refractivity contribution in [2.75, 3.05) is 27.2 Å². The number of carbonyl (C=O) groups excluding carboxylic acids is 2. The molecule has 1 aromatic rings. The van der Waals surface area contributed by atoms with Gasteiger partial charge in [0.1, 0.15) is 5.60 Å². The predicted octanol–water partition coefficient (Wildman–Crippen LogP) is 3.20. The third-order valence-electron chi connectivity index (χ3n) is 4.07. The molecule has 1 fully saturated rings. The Hall–Kier alpha value is -2.37. The Morgan fingerprint density at radius 3 is 2.65 bits per heavy atom. The zero-order chi connectivity index (χ0) is 19.3. The predicted molar refractivity (Wildman–Crippen MR) is 101 cm³/mol. The molecule has 1 aromatic heterocycles. The Kier molecular flexibility index (Phi) is 6.40. The molecule has 1 aliphatic rings. The number of aromatic nitrogens is 1. The van der Waals surface area contributed by atoms with Crippen molar-refractivity contribution in [3.8, 4) is 0 Å². The fourth-order valence-electron chi connectivity index (χ4n) is 2.96. The summed E-state index contributed by atoms with van der Waals surface area (Å²) in [6.45, 7) is 6.55. The lowest BCUT2D eigenvalue weighted by atomic mass is 9.88. The first kappa shape index (κ1) is 19.9. The maximum Gasteiger partial charge on any atom is 0.410 e. The molecule has 26 heavy (non-hydrogen) atoms. The molecule has 2 rings (SSSR count). The lowest BCUT2D eigenvalue weighted by Gasteiger charge is -2.34. The van der Waals surface area contributed by atoms with Gasteiger partial charge in [-0.05, 0) is 39.7 Å². The lowest BCUT2D eigenvalue weighted by Crippen LogP contribution is -2.44. The van der Waals surface area contributed by atoms with Gasteiger partial charge in [-0.3, -0.25) is 9.78 Å². The fourth-order valence-corrected chi connectivity index (χ4v) is 2.96. The number of hydrogen-bond acceptors (Lipinski definition) is 5. The maximum atomic E-state index is 13.2. The number of pyridine rings is 1. The molecule has 0 unspecified atom stereocenters. The number of amides is 1. The maximum absolute atomic E-state index is 13.2. The molecule has 1 saturated heterocycles. The zero-order valence-corrected chi connectivity index (χ0v) is 16.4. The Morgan fingerprint density at radius 1 is 1.35 bits per heavy atom. The highest BCUT2D eigenvalue weighted by Crippen LogP contribution is 2.26. The molecule has 6 nitrogen and oxygen atoms in total. The monoisotopic (exact) mass is 359 g/mol. The first-order valence-corrected chi connectivity index (χ1v) is 8.98. The first-order chi connectivity index (χ1) is 12.2. The van der Waals surface area contributed by atoms with Crippen molar-refractivity contribution >= 4 is 17.4 Å². The molecular formula is C20H29N3O3. The van der Waals surface area contributed by atoms with E-state index in [1.54, 1.807) is 17.3 Å². The van der Waals surface area contributed by atoms with Crippen LogP contribution in [0.4, 0.5) is 4.79 Å². The number of allylic oxidation sites excluding steroid dienone is 1. The number of ketones is 1. The minimum atomic E-state index is -0.542. The average molecular weight is 359 g/mol. The zero-order valence-electron chi connectivity index (χ0n) is 16.4. The molecule has 1 aliphatic heterocycles. The van der Waals surface area contributed by atoms with Gasteiger partial charge in [0.2, 0.25) is 0 Å². The van der Waals surface area contributed by atoms with Crippen LogP contribution in [0.3, 0.4) is 0 Å². The minimum Gasteiger partial charge on any atom is -0.444 e. The van der Waals surface area contributed by atoms with Gasteiger partial charge in [0.05, 0.1) is 0 Å². The van der Waals surface area contributed by atoms with E-state index < -0.39 is 5.60 Å². The summed E-state index contributed by atoms with van der Waals surface area (Å²) < 4.78 is 5.46. The molecule has 0 bridgehead atoms. The van der Waals surface area contributed by atoms with Crippen molar-refractivity contribution in [1.82, 2.24) is 14.8 Å². The Morgan fingerprint density at radius 2 is 2.08 bits per heavy atom. The van der Waals surface area contributed by atoms with E-state index in [0.717, 1.165) is 18.4 Å². The minimum absolute atomic E-state index is 0.0416. The van der Waals surface area contributed by atoms with E-state index >= 15 is 0 Å². The third kappa shape index (κ3) is 5.58. The molecule has 0 radical (unpaired) electrons. The van der Waals surface area contributed by atoms with Gasteiger partial charge in [-0.15, -0.1) is 0 Å². The molecule has 0 aliphatic carbocycles. The third-order valence-corrected chi connectivity index (χ3v) is 4.07. The molecule has 1 atom stereocenters. The fraction of sp³-hybridized carbons (Fsp3) is 0.550. The van der Waals surface area contributed by atoms with E-state index in [-0.39, 0.29) is 17.8 Å². The summed E-state index contributed by atoms with van der Waals surface area (Å²) in [5.41, 5.74) is 0.874. The smallest absolute Gasteiger partial charge is 0.410 e. The van der Waals surface area contributed by atoms with Crippen molar-refractivity contribution in [1.29, 1.82) is 0 Å². The van der Waals surface area contributed by atoms with Crippen LogP contribution >= 0.6 is 0 Å². The number of ether oxygens (including phenoxy) is 1. The van der Waals surface area contributed by atoms with E-state index in [1.807, 2.05) is 58.1 Å². The summed E-state index contributed by atoms with van der Waals surface area (Å²) in [6, 6.07) is 3.70. The van der Waals surface area contributed by atoms with Crippen LogP contribution in [0.1, 0.15) is 39.2 Å². The number of nitrogens with zero attached hydrogens (tertiary/aromatic N) is 3. The summed E-state index contributed by atoms with van der Waals surface area (Å²) in [4.78, 5) is 33.2. The number of carbonyl (C=O) groups is 2. The van der Waals surface area contributed by atoms with Crippen LogP contribution < -0.4 is 0 Å². The second kappa shape index (κ2) is 8.34. The van der Waals surface area contributed by atoms with Crippen molar-refractivity contribution in [3.05, 3.63) is 36.3 Å². The molecule has 2 heterocycles. The van der Waals surface area contributed by atoms with Crippen molar-refractivity contribution in [2.45, 2.75) is 39.2 Å². The van der Waals surface area contributed by atoms with Crippen LogP contribution in [0.15, 0.2) is 30.7 Å². The summed E-state index contributed by atoms with van der Waals surface area (Å²) in [5, 5.41) is 0. The first-order valence-electron chi connectivity index (χ1n) is 8.98. The van der Waals surface area contributed by atoms with Crippen molar-refractivity contribution in [2.24, 2.45) is 5.92 Å². The summed E-state index contributed by atoms with van der Waals surface area (Å²) >= 11 is 0. The molecule has 142 valence electrons. The van der Waals surface area contributed by atoms with Crippen LogP contribution in [0.2, 0.25) is 0 Å². The van der Waals surface area contributed by atoms with Gasteiger partial charge >= 0.3 is 6.09 Å². The molecule has 0 saturated carbocycles. The number of likely N-dealkylation sites (tertiary alicyclic amines) is 1. The molecule has 0 aromatic carbocycles. The highest BCUT2D eigenvalue weighted by molar-refractivity contribution is 6.21. The number of piperidine rings is 1. The van der Waals surface area contributed by atoms with E-state index in [1.165, 1.54) is 0 Å². The Labute approximate surface area is 155 Å². The lowest BCUT2D eigenvalue weighted by molar-refractivity contribution is -0.118. The quantitative estimate of drug-likeness (QED) is 0.773. The molecular weight excluding hydrogens is 330 g/mol. The molecule has 6 heteroatoms.